The molecular weight excluding hydrogens is 187 g/mol. The molecule has 2 aliphatic rings. The van der Waals surface area contributed by atoms with Crippen LogP contribution < -0.4 is 51.4 Å². The van der Waals surface area contributed by atoms with E-state index in [9.17, 15) is 0 Å². The molecule has 0 radical (unpaired) electrons. The summed E-state index contributed by atoms with van der Waals surface area (Å²) in [5, 5.41) is 4.43. The predicted octanol–water partition coefficient (Wildman–Crippen LogP) is -1.07. The number of nitrogens with zero attached hydrogens (tertiary/aromatic N) is 2. The molecule has 2 fully saturated rings. The average Bonchev–Trinajstić information content (AvgIpc) is 2.29. The van der Waals surface area contributed by atoms with E-state index >= 15 is 0 Å². The molecule has 1 spiro atoms. The topological polar surface area (TPSA) is 17.3 Å². The van der Waals surface area contributed by atoms with Crippen LogP contribution >= 0.6 is 0 Å². The predicted molar refractivity (Wildman–Crippen MR) is 53.3 cm³/mol. The van der Waals surface area contributed by atoms with Gasteiger partial charge in [-0.25, -0.2) is 0 Å². The summed E-state index contributed by atoms with van der Waals surface area (Å²) in [7, 11) is 0. The van der Waals surface area contributed by atoms with E-state index in [1.807, 2.05) is 0 Å². The fourth-order valence-corrected chi connectivity index (χ4v) is 2.15. The molecule has 0 unspecified atom stereocenters. The van der Waals surface area contributed by atoms with Crippen molar-refractivity contribution < 1.29 is 51.4 Å². The van der Waals surface area contributed by atoms with Crippen LogP contribution in [0.3, 0.4) is 0 Å². The van der Waals surface area contributed by atoms with Crippen LogP contribution in [0.1, 0.15) is 20.3 Å². The van der Waals surface area contributed by atoms with Gasteiger partial charge in [0.1, 0.15) is 0 Å². The van der Waals surface area contributed by atoms with Crippen LogP contribution in [-0.2, 0) is 0 Å². The zero-order valence-electron chi connectivity index (χ0n) is 9.51. The molecule has 13 heavy (non-hydrogen) atoms. The van der Waals surface area contributed by atoms with Crippen molar-refractivity contribution in [1.29, 1.82) is 0 Å². The zero-order valence-corrected chi connectivity index (χ0v) is 12.6. The minimum absolute atomic E-state index is 0. The molecule has 3 heteroatoms. The van der Waals surface area contributed by atoms with Crippen LogP contribution in [0.2, 0.25) is 0 Å². The van der Waals surface area contributed by atoms with E-state index in [4.69, 9.17) is 0 Å². The number of hydrogen-bond donors (Lipinski definition) is 0. The summed E-state index contributed by atoms with van der Waals surface area (Å²) < 4.78 is 0. The van der Waals surface area contributed by atoms with Crippen molar-refractivity contribution in [2.75, 3.05) is 26.2 Å². The largest absolute Gasteiger partial charge is 1.00 e. The number of rotatable bonds is 1. The molecule has 2 nitrogen and oxygen atoms in total. The van der Waals surface area contributed by atoms with Crippen molar-refractivity contribution >= 4 is 0 Å². The summed E-state index contributed by atoms with van der Waals surface area (Å²) in [5.41, 5.74) is 0.629. The summed E-state index contributed by atoms with van der Waals surface area (Å²) >= 11 is 0. The van der Waals surface area contributed by atoms with Gasteiger partial charge in [-0.05, 0) is 19.3 Å². The van der Waals surface area contributed by atoms with E-state index in [0.717, 1.165) is 19.1 Å². The second-order valence-corrected chi connectivity index (χ2v) is 4.35. The Morgan fingerprint density at radius 1 is 1.31 bits per heavy atom. The van der Waals surface area contributed by atoms with Crippen LogP contribution in [0.25, 0.3) is 5.32 Å². The van der Waals surface area contributed by atoms with Crippen molar-refractivity contribution in [2.24, 2.45) is 5.41 Å². The van der Waals surface area contributed by atoms with Gasteiger partial charge in [0.25, 0.3) is 0 Å². The van der Waals surface area contributed by atoms with Gasteiger partial charge in [0.2, 0.25) is 0 Å². The quantitative estimate of drug-likeness (QED) is 0.395. The van der Waals surface area contributed by atoms with E-state index in [0.29, 0.717) is 5.41 Å². The van der Waals surface area contributed by atoms with Crippen molar-refractivity contribution in [2.45, 2.75) is 26.3 Å². The molecule has 0 aromatic heterocycles. The summed E-state index contributed by atoms with van der Waals surface area (Å²) in [6.45, 7) is 9.41. The van der Waals surface area contributed by atoms with E-state index < -0.39 is 0 Å². The van der Waals surface area contributed by atoms with Crippen LogP contribution in [0.4, 0.5) is 0 Å². The SMILES string of the molecule is CC(C)N1CC2(CC[N-]C2)C1.[CH3-].[K+]. The molecule has 2 aliphatic heterocycles. The van der Waals surface area contributed by atoms with Gasteiger partial charge in [-0.3, -0.25) is 4.90 Å². The minimum atomic E-state index is 0. The van der Waals surface area contributed by atoms with Gasteiger partial charge >= 0.3 is 51.4 Å². The standard InChI is InChI=1S/C9H17N2.CH3.K/c1-8(2)11-6-9(7-11)3-4-10-5-9;;/h8H,3-7H2,1-2H3;1H3;/q2*-1;+1. The molecule has 0 bridgehead atoms. The first kappa shape index (κ1) is 14.6. The summed E-state index contributed by atoms with van der Waals surface area (Å²) in [5.74, 6) is 0. The van der Waals surface area contributed by atoms with Crippen LogP contribution in [0.5, 0.6) is 0 Å². The third kappa shape index (κ3) is 3.00. The molecular formula is C10H20KN2-. The Morgan fingerprint density at radius 3 is 2.31 bits per heavy atom. The maximum atomic E-state index is 4.43. The molecule has 2 saturated heterocycles. The third-order valence-corrected chi connectivity index (χ3v) is 3.05. The minimum Gasteiger partial charge on any atom is -0.662 e. The van der Waals surface area contributed by atoms with E-state index in [1.165, 1.54) is 19.5 Å². The summed E-state index contributed by atoms with van der Waals surface area (Å²) in [6.07, 6.45) is 1.34. The molecule has 0 aromatic rings. The number of likely N-dealkylation sites (tertiary alicyclic amines) is 1. The average molecular weight is 207 g/mol. The first-order valence-corrected chi connectivity index (χ1v) is 4.59. The van der Waals surface area contributed by atoms with Gasteiger partial charge in [-0.2, -0.15) is 0 Å². The molecule has 0 atom stereocenters. The van der Waals surface area contributed by atoms with E-state index in [1.54, 1.807) is 0 Å². The maximum absolute atomic E-state index is 4.43. The molecule has 0 amide bonds. The molecule has 0 N–H and O–H groups in total. The van der Waals surface area contributed by atoms with Gasteiger partial charge in [-0.15, -0.1) is 13.1 Å². The van der Waals surface area contributed by atoms with E-state index in [2.05, 4.69) is 24.1 Å². The third-order valence-electron chi connectivity index (χ3n) is 3.05. The van der Waals surface area contributed by atoms with Crippen LogP contribution in [0, 0.1) is 12.8 Å². The second kappa shape index (κ2) is 5.59. The molecule has 2 rings (SSSR count). The zero-order chi connectivity index (χ0) is 7.90. The maximum Gasteiger partial charge on any atom is 1.00 e. The molecule has 2 heterocycles. The summed E-state index contributed by atoms with van der Waals surface area (Å²) in [4.78, 5) is 2.54. The van der Waals surface area contributed by atoms with Gasteiger partial charge in [0, 0.05) is 19.1 Å². The fourth-order valence-electron chi connectivity index (χ4n) is 2.15. The van der Waals surface area contributed by atoms with Gasteiger partial charge in [0.15, 0.2) is 0 Å². The second-order valence-electron chi connectivity index (χ2n) is 4.35. The van der Waals surface area contributed by atoms with E-state index in [-0.39, 0.29) is 58.8 Å². The van der Waals surface area contributed by atoms with Crippen molar-refractivity contribution in [3.63, 3.8) is 0 Å². The number of hydrogen-bond acceptors (Lipinski definition) is 1. The van der Waals surface area contributed by atoms with Gasteiger partial charge in [0.05, 0.1) is 0 Å². The first-order valence-electron chi connectivity index (χ1n) is 4.59. The Morgan fingerprint density at radius 2 is 1.92 bits per heavy atom. The monoisotopic (exact) mass is 207 g/mol. The Bertz CT molecular complexity index is 145. The normalized spacial score (nSPS) is 25.2. The Hall–Kier alpha value is 1.56. The van der Waals surface area contributed by atoms with Crippen LogP contribution in [0.15, 0.2) is 0 Å². The molecule has 0 saturated carbocycles. The Labute approximate surface area is 125 Å². The van der Waals surface area contributed by atoms with Gasteiger partial charge in [-0.1, -0.05) is 6.42 Å². The van der Waals surface area contributed by atoms with Gasteiger partial charge < -0.3 is 12.7 Å². The smallest absolute Gasteiger partial charge is 0.662 e. The van der Waals surface area contributed by atoms with Crippen molar-refractivity contribution in [3.05, 3.63) is 12.7 Å². The van der Waals surface area contributed by atoms with Crippen molar-refractivity contribution in [1.82, 2.24) is 4.90 Å². The van der Waals surface area contributed by atoms with Crippen LogP contribution in [-0.4, -0.2) is 37.1 Å². The first-order chi connectivity index (χ1) is 5.22. The molecule has 0 aromatic carbocycles. The summed E-state index contributed by atoms with van der Waals surface area (Å²) in [6, 6.07) is 0.737. The Balaban J connectivity index is 0.000000720. The molecule has 0 aliphatic carbocycles. The molecule has 72 valence electrons. The Kier molecular flexibility index (Phi) is 6.26. The van der Waals surface area contributed by atoms with Crippen molar-refractivity contribution in [3.8, 4) is 0 Å². The fraction of sp³-hybridized carbons (Fsp3) is 0.900.